The van der Waals surface area contributed by atoms with E-state index in [4.69, 9.17) is 0 Å². The molecule has 3 heteroatoms. The molecule has 5 rings (SSSR count). The largest absolute Gasteiger partial charge is 0.353 e. The third-order valence-electron chi connectivity index (χ3n) is 6.77. The van der Waals surface area contributed by atoms with Crippen LogP contribution in [0.1, 0.15) is 55.5 Å². The Hall–Kier alpha value is -2.16. The molecule has 0 amide bonds. The molecule has 0 N–H and O–H groups in total. The molecule has 0 unspecified atom stereocenters. The van der Waals surface area contributed by atoms with Gasteiger partial charge in [0, 0.05) is 31.5 Å². The Bertz CT molecular complexity index is 969. The van der Waals surface area contributed by atoms with Crippen LogP contribution in [0.5, 0.6) is 0 Å². The Morgan fingerprint density at radius 1 is 1.04 bits per heavy atom. The Morgan fingerprint density at radius 2 is 1.76 bits per heavy atom. The second-order valence-electron chi connectivity index (χ2n) is 8.05. The first-order chi connectivity index (χ1) is 12.1. The molecule has 3 nitrogen and oxygen atoms in total. The zero-order chi connectivity index (χ0) is 17.3. The van der Waals surface area contributed by atoms with Crippen molar-refractivity contribution in [2.75, 3.05) is 4.90 Å². The van der Waals surface area contributed by atoms with Crippen molar-refractivity contribution >= 4 is 16.7 Å². The molecule has 25 heavy (non-hydrogen) atoms. The third kappa shape index (κ3) is 1.71. The van der Waals surface area contributed by atoms with Crippen molar-refractivity contribution in [3.05, 3.63) is 53.3 Å². The average Bonchev–Trinajstić information content (AvgIpc) is 3.31. The minimum atomic E-state index is 0.161. The Morgan fingerprint density at radius 3 is 2.48 bits per heavy atom. The van der Waals surface area contributed by atoms with Gasteiger partial charge in [-0.15, -0.1) is 0 Å². The maximum atomic E-state index is 2.76. The number of fused-ring (bicyclic) bond motifs is 4. The van der Waals surface area contributed by atoms with Crippen molar-refractivity contribution in [2.24, 2.45) is 14.1 Å². The molecule has 1 aliphatic heterocycles. The zero-order valence-electron chi connectivity index (χ0n) is 15.7. The molecule has 1 saturated carbocycles. The van der Waals surface area contributed by atoms with Crippen LogP contribution in [0.3, 0.4) is 0 Å². The number of rotatable bonds is 1. The fraction of sp³-hybridized carbons (Fsp3) is 0.455. The molecule has 130 valence electrons. The van der Waals surface area contributed by atoms with E-state index in [0.717, 1.165) is 0 Å². The molecule has 1 aliphatic carbocycles. The van der Waals surface area contributed by atoms with Gasteiger partial charge in [0.25, 0.3) is 0 Å². The lowest BCUT2D eigenvalue weighted by Gasteiger charge is -2.41. The fourth-order valence-electron chi connectivity index (χ4n) is 5.81. The summed E-state index contributed by atoms with van der Waals surface area (Å²) in [6.07, 6.45) is 7.40. The Balaban J connectivity index is 1.84. The summed E-state index contributed by atoms with van der Waals surface area (Å²) in [6.45, 7) is 4.66. The van der Waals surface area contributed by atoms with Gasteiger partial charge in [-0.05, 0) is 44.4 Å². The number of benzene rings is 1. The smallest absolute Gasteiger partial charge is 0.0814 e. The van der Waals surface area contributed by atoms with E-state index >= 15 is 0 Å². The van der Waals surface area contributed by atoms with Crippen LogP contribution < -0.4 is 4.90 Å². The van der Waals surface area contributed by atoms with E-state index in [1.807, 2.05) is 0 Å². The van der Waals surface area contributed by atoms with E-state index < -0.39 is 0 Å². The van der Waals surface area contributed by atoms with Gasteiger partial charge in [-0.3, -0.25) is 0 Å². The number of aryl methyl sites for hydroxylation is 3. The van der Waals surface area contributed by atoms with Crippen LogP contribution in [0.25, 0.3) is 11.0 Å². The van der Waals surface area contributed by atoms with Gasteiger partial charge in [0.05, 0.1) is 28.3 Å². The second kappa shape index (κ2) is 4.94. The average molecular weight is 333 g/mol. The van der Waals surface area contributed by atoms with Gasteiger partial charge in [-0.25, -0.2) is 0 Å². The van der Waals surface area contributed by atoms with Crippen LogP contribution in [0.2, 0.25) is 0 Å². The minimum Gasteiger partial charge on any atom is -0.353 e. The van der Waals surface area contributed by atoms with E-state index in [9.17, 15) is 0 Å². The normalized spacial score (nSPS) is 21.6. The summed E-state index contributed by atoms with van der Waals surface area (Å²) in [5.74, 6) is 0. The van der Waals surface area contributed by atoms with Gasteiger partial charge in [0.2, 0.25) is 0 Å². The highest BCUT2D eigenvalue weighted by Gasteiger charge is 2.53. The molecule has 0 radical (unpaired) electrons. The second-order valence-corrected chi connectivity index (χ2v) is 8.05. The maximum absolute atomic E-state index is 2.76. The highest BCUT2D eigenvalue weighted by atomic mass is 15.3. The van der Waals surface area contributed by atoms with Crippen molar-refractivity contribution in [1.82, 2.24) is 9.13 Å². The molecule has 0 bridgehead atoms. The lowest BCUT2D eigenvalue weighted by molar-refractivity contribution is 0.398. The lowest BCUT2D eigenvalue weighted by atomic mass is 9.92. The van der Waals surface area contributed by atoms with Crippen LogP contribution in [-0.2, 0) is 19.6 Å². The van der Waals surface area contributed by atoms with Gasteiger partial charge in [-0.2, -0.15) is 0 Å². The summed E-state index contributed by atoms with van der Waals surface area (Å²) in [5, 5.41) is 0. The number of nitrogens with zero attached hydrogens (tertiary/aromatic N) is 3. The molecular formula is C22H27N3. The number of hydrogen-bond acceptors (Lipinski definition) is 1. The first-order valence-corrected chi connectivity index (χ1v) is 9.55. The molecule has 1 atom stereocenters. The summed E-state index contributed by atoms with van der Waals surface area (Å²) < 4.78 is 4.80. The quantitative estimate of drug-likeness (QED) is 0.598. The van der Waals surface area contributed by atoms with E-state index in [2.05, 4.69) is 78.5 Å². The van der Waals surface area contributed by atoms with Gasteiger partial charge in [-0.1, -0.05) is 31.0 Å². The summed E-state index contributed by atoms with van der Waals surface area (Å²) in [6, 6.07) is 11.6. The standard InChI is InChI=1S/C22H27N3/c1-15-9-5-6-10-17(15)25-16(2)19-20-18(11-14-23(20)3)24(4)21(19)22(25)12-7-8-13-22/h5-6,9-11,14,16H,7-8,12-13H2,1-4H3/t16-/m0/s1. The summed E-state index contributed by atoms with van der Waals surface area (Å²) in [5.41, 5.74) is 8.89. The molecule has 2 aliphatic rings. The first-order valence-electron chi connectivity index (χ1n) is 9.55. The summed E-state index contributed by atoms with van der Waals surface area (Å²) in [4.78, 5) is 2.76. The third-order valence-corrected chi connectivity index (χ3v) is 6.77. The number of hydrogen-bond donors (Lipinski definition) is 0. The maximum Gasteiger partial charge on any atom is 0.0814 e. The van der Waals surface area contributed by atoms with Crippen LogP contribution in [0, 0.1) is 6.92 Å². The van der Waals surface area contributed by atoms with E-state index in [1.54, 1.807) is 11.3 Å². The van der Waals surface area contributed by atoms with Crippen molar-refractivity contribution in [3.8, 4) is 0 Å². The van der Waals surface area contributed by atoms with E-state index in [-0.39, 0.29) is 5.54 Å². The predicted molar refractivity (Wildman–Crippen MR) is 104 cm³/mol. The van der Waals surface area contributed by atoms with Gasteiger partial charge < -0.3 is 14.0 Å². The number of aromatic nitrogens is 2. The lowest BCUT2D eigenvalue weighted by Crippen LogP contribution is -2.41. The molecule has 1 aromatic carbocycles. The molecule has 0 saturated heterocycles. The molecule has 2 aromatic heterocycles. The molecule has 1 fully saturated rings. The SMILES string of the molecule is Cc1ccccc1N1[C@@H](C)c2c(n(C)c3ccn(C)c23)C12CCCC2. The summed E-state index contributed by atoms with van der Waals surface area (Å²) in [7, 11) is 4.46. The monoisotopic (exact) mass is 333 g/mol. The molecule has 3 aromatic rings. The van der Waals surface area contributed by atoms with Crippen LogP contribution in [0.15, 0.2) is 36.5 Å². The van der Waals surface area contributed by atoms with E-state index in [1.165, 1.54) is 48.0 Å². The van der Waals surface area contributed by atoms with Gasteiger partial charge >= 0.3 is 0 Å². The van der Waals surface area contributed by atoms with Crippen LogP contribution >= 0.6 is 0 Å². The first kappa shape index (κ1) is 15.1. The van der Waals surface area contributed by atoms with Gasteiger partial charge in [0.1, 0.15) is 0 Å². The van der Waals surface area contributed by atoms with E-state index in [0.29, 0.717) is 6.04 Å². The molecular weight excluding hydrogens is 306 g/mol. The van der Waals surface area contributed by atoms with Crippen LogP contribution in [0.4, 0.5) is 5.69 Å². The highest BCUT2D eigenvalue weighted by molar-refractivity contribution is 5.87. The Labute approximate surface area is 149 Å². The topological polar surface area (TPSA) is 13.1 Å². The molecule has 3 heterocycles. The number of para-hydroxylation sites is 1. The highest BCUT2D eigenvalue weighted by Crippen LogP contribution is 2.58. The van der Waals surface area contributed by atoms with Crippen LogP contribution in [-0.4, -0.2) is 9.13 Å². The summed E-state index contributed by atoms with van der Waals surface area (Å²) >= 11 is 0. The molecule has 1 spiro atoms. The van der Waals surface area contributed by atoms with Crippen molar-refractivity contribution in [3.63, 3.8) is 0 Å². The number of anilines is 1. The zero-order valence-corrected chi connectivity index (χ0v) is 15.7. The fourth-order valence-corrected chi connectivity index (χ4v) is 5.81. The predicted octanol–water partition coefficient (Wildman–Crippen LogP) is 5.18. The van der Waals surface area contributed by atoms with Crippen molar-refractivity contribution in [2.45, 2.75) is 51.1 Å². The van der Waals surface area contributed by atoms with Crippen molar-refractivity contribution in [1.29, 1.82) is 0 Å². The Kier molecular flexibility index (Phi) is 2.99. The minimum absolute atomic E-state index is 0.161. The van der Waals surface area contributed by atoms with Gasteiger partial charge in [0.15, 0.2) is 0 Å². The van der Waals surface area contributed by atoms with Crippen molar-refractivity contribution < 1.29 is 0 Å².